The topological polar surface area (TPSA) is 0 Å². The van der Waals surface area contributed by atoms with Crippen LogP contribution in [0.2, 0.25) is 0 Å². The van der Waals surface area contributed by atoms with Crippen molar-refractivity contribution in [1.82, 2.24) is 0 Å². The fourth-order valence-electron chi connectivity index (χ4n) is 6.61. The summed E-state index contributed by atoms with van der Waals surface area (Å²) >= 11 is 4.71. The molecule has 0 atom stereocenters. The van der Waals surface area contributed by atoms with E-state index in [9.17, 15) is 0 Å². The van der Waals surface area contributed by atoms with E-state index in [0.29, 0.717) is 9.49 Å². The lowest BCUT2D eigenvalue weighted by Crippen LogP contribution is -2.57. The zero-order valence-electron chi connectivity index (χ0n) is 14.0. The fourth-order valence-corrected chi connectivity index (χ4v) is 10.5. The zero-order chi connectivity index (χ0) is 15.3. The van der Waals surface area contributed by atoms with Crippen molar-refractivity contribution in [3.05, 3.63) is 35.9 Å². The van der Waals surface area contributed by atoms with Crippen LogP contribution in [0, 0.1) is 23.2 Å². The second kappa shape index (κ2) is 5.73. The fraction of sp³-hybridized carbons (Fsp3) is 0.714. The van der Waals surface area contributed by atoms with E-state index in [1.807, 2.05) is 0 Å². The largest absolute Gasteiger partial charge is 0.143 e. The van der Waals surface area contributed by atoms with Crippen LogP contribution in [0.4, 0.5) is 0 Å². The lowest BCUT2D eigenvalue weighted by molar-refractivity contribution is -0.0592. The maximum absolute atomic E-state index is 2.37. The molecule has 0 aromatic heterocycles. The van der Waals surface area contributed by atoms with Gasteiger partial charge in [-0.2, -0.15) is 0 Å². The van der Waals surface area contributed by atoms with Gasteiger partial charge in [0.1, 0.15) is 0 Å². The smallest absolute Gasteiger partial charge is 0.0707 e. The van der Waals surface area contributed by atoms with Crippen LogP contribution in [0.15, 0.2) is 30.3 Å². The van der Waals surface area contributed by atoms with E-state index in [1.54, 1.807) is 44.1 Å². The maximum atomic E-state index is 2.37. The monoisotopic (exact) mass is 344 g/mol. The lowest BCUT2D eigenvalue weighted by atomic mass is 9.48. The van der Waals surface area contributed by atoms with Crippen molar-refractivity contribution < 1.29 is 0 Å². The Morgan fingerprint density at radius 2 is 1.39 bits per heavy atom. The van der Waals surface area contributed by atoms with Crippen molar-refractivity contribution in [2.24, 2.45) is 23.2 Å². The molecule has 1 aromatic rings. The first-order valence-electron chi connectivity index (χ1n) is 9.59. The third-order valence-electron chi connectivity index (χ3n) is 7.09. The summed E-state index contributed by atoms with van der Waals surface area (Å²) in [7, 11) is 0. The minimum absolute atomic E-state index is 0.475. The highest BCUT2D eigenvalue weighted by Crippen LogP contribution is 2.70. The molecule has 4 saturated carbocycles. The van der Waals surface area contributed by atoms with Crippen LogP contribution in [0.3, 0.4) is 0 Å². The molecular weight excluding hydrogens is 316 g/mol. The molecule has 1 aliphatic heterocycles. The predicted molar refractivity (Wildman–Crippen MR) is 103 cm³/mol. The second-order valence-corrected chi connectivity index (χ2v) is 11.7. The van der Waals surface area contributed by atoms with Crippen molar-refractivity contribution in [1.29, 1.82) is 0 Å². The van der Waals surface area contributed by atoms with Crippen LogP contribution in [-0.2, 0) is 6.42 Å². The molecule has 4 aliphatic carbocycles. The molecule has 1 saturated heterocycles. The Bertz CT molecular complexity index is 523. The summed E-state index contributed by atoms with van der Waals surface area (Å²) in [6, 6.07) is 11.4. The van der Waals surface area contributed by atoms with Crippen LogP contribution >= 0.6 is 23.5 Å². The number of hydrogen-bond donors (Lipinski definition) is 0. The molecule has 23 heavy (non-hydrogen) atoms. The molecule has 0 amide bonds. The first kappa shape index (κ1) is 15.2. The summed E-state index contributed by atoms with van der Waals surface area (Å²) in [5.41, 5.74) is 2.22. The summed E-state index contributed by atoms with van der Waals surface area (Å²) < 4.78 is 0.475. The molecule has 0 spiro atoms. The SMILES string of the molecule is c1ccc(CC2(C34CC5CC(CC(C5)C3)C4)SCCCS2)cc1. The van der Waals surface area contributed by atoms with Gasteiger partial charge in [0.15, 0.2) is 0 Å². The van der Waals surface area contributed by atoms with E-state index in [2.05, 4.69) is 53.9 Å². The Balaban J connectivity index is 1.52. The molecule has 5 aliphatic rings. The van der Waals surface area contributed by atoms with Gasteiger partial charge in [0.2, 0.25) is 0 Å². The predicted octanol–water partition coefficient (Wildman–Crippen LogP) is 6.01. The normalized spacial score (nSPS) is 41.1. The van der Waals surface area contributed by atoms with Gasteiger partial charge in [0.25, 0.3) is 0 Å². The van der Waals surface area contributed by atoms with Gasteiger partial charge in [-0.1, -0.05) is 30.3 Å². The number of thioether (sulfide) groups is 2. The molecular formula is C21H28S2. The zero-order valence-corrected chi connectivity index (χ0v) is 15.6. The molecule has 5 fully saturated rings. The van der Waals surface area contributed by atoms with Gasteiger partial charge in [-0.25, -0.2) is 0 Å². The average Bonchev–Trinajstić information content (AvgIpc) is 2.55. The third-order valence-corrected chi connectivity index (χ3v) is 10.9. The molecule has 0 N–H and O–H groups in total. The highest BCUT2D eigenvalue weighted by Gasteiger charge is 2.61. The van der Waals surface area contributed by atoms with Crippen molar-refractivity contribution >= 4 is 23.5 Å². The van der Waals surface area contributed by atoms with E-state index < -0.39 is 0 Å². The minimum atomic E-state index is 0.475. The van der Waals surface area contributed by atoms with Gasteiger partial charge in [0.05, 0.1) is 4.08 Å². The number of benzene rings is 1. The lowest BCUT2D eigenvalue weighted by Gasteiger charge is -2.64. The summed E-state index contributed by atoms with van der Waals surface area (Å²) in [4.78, 5) is 0. The van der Waals surface area contributed by atoms with Gasteiger partial charge in [-0.3, -0.25) is 0 Å². The Kier molecular flexibility index (Phi) is 3.79. The number of hydrogen-bond acceptors (Lipinski definition) is 2. The van der Waals surface area contributed by atoms with Crippen molar-refractivity contribution in [3.8, 4) is 0 Å². The van der Waals surface area contributed by atoms with Crippen LogP contribution in [0.5, 0.6) is 0 Å². The molecule has 6 rings (SSSR count). The molecule has 2 heteroatoms. The van der Waals surface area contributed by atoms with Crippen LogP contribution < -0.4 is 0 Å². The Morgan fingerprint density at radius 3 is 1.96 bits per heavy atom. The standard InChI is InChI=1S/C21H28S2/c1-2-5-16(6-3-1)15-21(22-7-4-8-23-21)20-12-17-9-18(13-20)11-19(10-17)14-20/h1-3,5-6,17-19H,4,7-15H2. The molecule has 0 unspecified atom stereocenters. The van der Waals surface area contributed by atoms with Gasteiger partial charge < -0.3 is 0 Å². The van der Waals surface area contributed by atoms with Gasteiger partial charge >= 0.3 is 0 Å². The van der Waals surface area contributed by atoms with Crippen LogP contribution in [0.25, 0.3) is 0 Å². The molecule has 1 aromatic carbocycles. The van der Waals surface area contributed by atoms with Crippen LogP contribution in [0.1, 0.15) is 50.5 Å². The summed E-state index contributed by atoms with van der Waals surface area (Å²) in [6.45, 7) is 0. The van der Waals surface area contributed by atoms with E-state index in [0.717, 1.165) is 17.8 Å². The third kappa shape index (κ3) is 2.51. The molecule has 0 radical (unpaired) electrons. The van der Waals surface area contributed by atoms with Crippen LogP contribution in [-0.4, -0.2) is 15.6 Å². The molecule has 4 bridgehead atoms. The van der Waals surface area contributed by atoms with Gasteiger partial charge in [0, 0.05) is 0 Å². The summed E-state index contributed by atoms with van der Waals surface area (Å²) in [6.07, 6.45) is 12.1. The average molecular weight is 345 g/mol. The second-order valence-electron chi connectivity index (χ2n) is 8.66. The first-order valence-corrected chi connectivity index (χ1v) is 11.6. The van der Waals surface area contributed by atoms with Gasteiger partial charge in [-0.05, 0) is 91.6 Å². The Labute approximate surface area is 149 Å². The highest BCUT2D eigenvalue weighted by molar-refractivity contribution is 8.18. The van der Waals surface area contributed by atoms with E-state index in [1.165, 1.54) is 24.3 Å². The Hall–Kier alpha value is -0.0800. The quantitative estimate of drug-likeness (QED) is 0.658. The van der Waals surface area contributed by atoms with Gasteiger partial charge in [-0.15, -0.1) is 23.5 Å². The van der Waals surface area contributed by atoms with E-state index in [4.69, 9.17) is 0 Å². The maximum Gasteiger partial charge on any atom is 0.0707 e. The first-order chi connectivity index (χ1) is 11.3. The number of rotatable bonds is 3. The van der Waals surface area contributed by atoms with Crippen molar-refractivity contribution in [3.63, 3.8) is 0 Å². The molecule has 0 nitrogen and oxygen atoms in total. The van der Waals surface area contributed by atoms with Crippen molar-refractivity contribution in [2.75, 3.05) is 11.5 Å². The van der Waals surface area contributed by atoms with E-state index in [-0.39, 0.29) is 0 Å². The highest BCUT2D eigenvalue weighted by atomic mass is 32.2. The molecule has 1 heterocycles. The molecule has 124 valence electrons. The summed E-state index contributed by atoms with van der Waals surface area (Å²) in [5, 5.41) is 0. The summed E-state index contributed by atoms with van der Waals surface area (Å²) in [5.74, 6) is 5.98. The van der Waals surface area contributed by atoms with Crippen molar-refractivity contribution in [2.45, 2.75) is 55.4 Å². The van der Waals surface area contributed by atoms with E-state index >= 15 is 0 Å². The minimum Gasteiger partial charge on any atom is -0.143 e. The Morgan fingerprint density at radius 1 is 0.826 bits per heavy atom.